The van der Waals surface area contributed by atoms with Crippen LogP contribution in [0.1, 0.15) is 29.2 Å². The van der Waals surface area contributed by atoms with Crippen molar-refractivity contribution in [3.05, 3.63) is 41.0 Å². The SMILES string of the molecule is N#Cc1cccc(C#N)c1NCCc1nnc2n1CCC2. The lowest BCUT2D eigenvalue weighted by atomic mass is 10.1. The summed E-state index contributed by atoms with van der Waals surface area (Å²) in [7, 11) is 0. The van der Waals surface area contributed by atoms with Crippen LogP contribution in [0.3, 0.4) is 0 Å². The van der Waals surface area contributed by atoms with E-state index in [1.807, 2.05) is 0 Å². The third-order valence-electron chi connectivity index (χ3n) is 3.64. The molecule has 1 aliphatic heterocycles. The largest absolute Gasteiger partial charge is 0.382 e. The molecular weight excluding hydrogens is 264 g/mol. The third-order valence-corrected chi connectivity index (χ3v) is 3.64. The summed E-state index contributed by atoms with van der Waals surface area (Å²) in [4.78, 5) is 0. The van der Waals surface area contributed by atoms with E-state index in [9.17, 15) is 0 Å². The molecule has 0 fully saturated rings. The minimum atomic E-state index is 0.487. The highest BCUT2D eigenvalue weighted by molar-refractivity contribution is 5.66. The summed E-state index contributed by atoms with van der Waals surface area (Å²) in [6.45, 7) is 1.60. The van der Waals surface area contributed by atoms with Crippen molar-refractivity contribution in [3.8, 4) is 12.1 Å². The molecule has 6 heteroatoms. The van der Waals surface area contributed by atoms with E-state index < -0.39 is 0 Å². The number of nitriles is 2. The molecule has 0 saturated carbocycles. The maximum absolute atomic E-state index is 9.12. The number of fused-ring (bicyclic) bond motifs is 1. The van der Waals surface area contributed by atoms with E-state index >= 15 is 0 Å². The lowest BCUT2D eigenvalue weighted by Crippen LogP contribution is -2.11. The molecule has 0 saturated heterocycles. The summed E-state index contributed by atoms with van der Waals surface area (Å²) < 4.78 is 2.16. The molecule has 1 aliphatic rings. The smallest absolute Gasteiger partial charge is 0.134 e. The van der Waals surface area contributed by atoms with Gasteiger partial charge in [-0.2, -0.15) is 10.5 Å². The van der Waals surface area contributed by atoms with Gasteiger partial charge in [0.05, 0.1) is 16.8 Å². The zero-order chi connectivity index (χ0) is 14.7. The topological polar surface area (TPSA) is 90.3 Å². The number of rotatable bonds is 4. The lowest BCUT2D eigenvalue weighted by Gasteiger charge is -2.09. The van der Waals surface area contributed by atoms with Crippen molar-refractivity contribution in [2.75, 3.05) is 11.9 Å². The van der Waals surface area contributed by atoms with Crippen LogP contribution in [0.25, 0.3) is 0 Å². The van der Waals surface area contributed by atoms with Crippen LogP contribution in [0.2, 0.25) is 0 Å². The van der Waals surface area contributed by atoms with Crippen LogP contribution in [0.4, 0.5) is 5.69 Å². The zero-order valence-corrected chi connectivity index (χ0v) is 11.5. The van der Waals surface area contributed by atoms with Gasteiger partial charge in [0.2, 0.25) is 0 Å². The van der Waals surface area contributed by atoms with Crippen molar-refractivity contribution in [1.82, 2.24) is 14.8 Å². The van der Waals surface area contributed by atoms with Crippen LogP contribution in [0.5, 0.6) is 0 Å². The Morgan fingerprint density at radius 1 is 1.19 bits per heavy atom. The fourth-order valence-corrected chi connectivity index (χ4v) is 2.62. The highest BCUT2D eigenvalue weighted by Gasteiger charge is 2.17. The number of para-hydroxylation sites is 1. The van der Waals surface area contributed by atoms with Crippen LogP contribution in [-0.4, -0.2) is 21.3 Å². The van der Waals surface area contributed by atoms with Gasteiger partial charge < -0.3 is 9.88 Å². The number of nitrogens with one attached hydrogen (secondary N) is 1. The Labute approximate surface area is 122 Å². The molecule has 104 valence electrons. The Kier molecular flexibility index (Phi) is 3.53. The van der Waals surface area contributed by atoms with E-state index in [-0.39, 0.29) is 0 Å². The number of anilines is 1. The van der Waals surface area contributed by atoms with Gasteiger partial charge in [-0.15, -0.1) is 10.2 Å². The molecule has 0 radical (unpaired) electrons. The standard InChI is InChI=1S/C15H14N6/c16-9-11-3-1-4-12(10-17)15(11)18-7-6-14-20-19-13-5-2-8-21(13)14/h1,3-4,18H,2,5-8H2. The number of hydrogen-bond acceptors (Lipinski definition) is 5. The van der Waals surface area contributed by atoms with Crippen LogP contribution in [-0.2, 0) is 19.4 Å². The molecule has 2 aromatic rings. The van der Waals surface area contributed by atoms with Crippen molar-refractivity contribution < 1.29 is 0 Å². The van der Waals surface area contributed by atoms with Crippen LogP contribution in [0.15, 0.2) is 18.2 Å². The van der Waals surface area contributed by atoms with Gasteiger partial charge in [0.25, 0.3) is 0 Å². The molecule has 0 atom stereocenters. The summed E-state index contributed by atoms with van der Waals surface area (Å²) >= 11 is 0. The van der Waals surface area contributed by atoms with Crippen LogP contribution in [0, 0.1) is 22.7 Å². The van der Waals surface area contributed by atoms with E-state index in [1.54, 1.807) is 18.2 Å². The van der Waals surface area contributed by atoms with Gasteiger partial charge in [0.1, 0.15) is 23.8 Å². The molecule has 6 nitrogen and oxygen atoms in total. The van der Waals surface area contributed by atoms with Gasteiger partial charge >= 0.3 is 0 Å². The first-order valence-electron chi connectivity index (χ1n) is 6.91. The first-order chi connectivity index (χ1) is 10.3. The summed E-state index contributed by atoms with van der Waals surface area (Å²) in [6.07, 6.45) is 2.84. The summed E-state index contributed by atoms with van der Waals surface area (Å²) in [6, 6.07) is 9.35. The van der Waals surface area contributed by atoms with Crippen LogP contribution < -0.4 is 5.32 Å². The Morgan fingerprint density at radius 3 is 2.67 bits per heavy atom. The quantitative estimate of drug-likeness (QED) is 0.917. The Morgan fingerprint density at radius 2 is 1.95 bits per heavy atom. The lowest BCUT2D eigenvalue weighted by molar-refractivity contribution is 0.687. The molecular formula is C15H14N6. The zero-order valence-electron chi connectivity index (χ0n) is 11.5. The number of nitrogens with zero attached hydrogens (tertiary/aromatic N) is 5. The predicted octanol–water partition coefficient (Wildman–Crippen LogP) is 1.62. The summed E-state index contributed by atoms with van der Waals surface area (Å²) in [5, 5.41) is 29.8. The van der Waals surface area contributed by atoms with Crippen molar-refractivity contribution in [2.45, 2.75) is 25.8 Å². The molecule has 1 aromatic carbocycles. The number of aromatic nitrogens is 3. The monoisotopic (exact) mass is 278 g/mol. The minimum Gasteiger partial charge on any atom is -0.382 e. The minimum absolute atomic E-state index is 0.487. The van der Waals surface area contributed by atoms with E-state index in [2.05, 4.69) is 32.2 Å². The highest BCUT2D eigenvalue weighted by Crippen LogP contribution is 2.20. The molecule has 2 heterocycles. The number of aryl methyl sites for hydroxylation is 1. The van der Waals surface area contributed by atoms with E-state index in [1.165, 1.54) is 0 Å². The third kappa shape index (κ3) is 2.44. The second-order valence-electron chi connectivity index (χ2n) is 4.92. The molecule has 1 N–H and O–H groups in total. The second-order valence-corrected chi connectivity index (χ2v) is 4.92. The number of hydrogen-bond donors (Lipinski definition) is 1. The Bertz CT molecular complexity index is 714. The van der Waals surface area contributed by atoms with Crippen molar-refractivity contribution in [3.63, 3.8) is 0 Å². The Hall–Kier alpha value is -2.86. The van der Waals surface area contributed by atoms with Crippen LogP contribution >= 0.6 is 0 Å². The number of benzene rings is 1. The maximum atomic E-state index is 9.12. The molecule has 0 amide bonds. The first kappa shape index (κ1) is 13.1. The molecule has 3 rings (SSSR count). The van der Waals surface area contributed by atoms with Gasteiger partial charge in [0.15, 0.2) is 0 Å². The normalized spacial score (nSPS) is 12.5. The Balaban J connectivity index is 1.71. The fourth-order valence-electron chi connectivity index (χ4n) is 2.62. The fraction of sp³-hybridized carbons (Fsp3) is 0.333. The van der Waals surface area contributed by atoms with E-state index in [0.717, 1.165) is 37.5 Å². The average molecular weight is 278 g/mol. The van der Waals surface area contributed by atoms with Crippen molar-refractivity contribution in [2.24, 2.45) is 0 Å². The van der Waals surface area contributed by atoms with Gasteiger partial charge in [0, 0.05) is 25.9 Å². The van der Waals surface area contributed by atoms with Gasteiger partial charge in [-0.05, 0) is 18.6 Å². The van der Waals surface area contributed by atoms with Gasteiger partial charge in [-0.25, -0.2) is 0 Å². The van der Waals surface area contributed by atoms with E-state index in [0.29, 0.717) is 23.4 Å². The summed E-state index contributed by atoms with van der Waals surface area (Å²) in [5.74, 6) is 2.02. The molecule has 0 aliphatic carbocycles. The molecule has 0 spiro atoms. The highest BCUT2D eigenvalue weighted by atomic mass is 15.3. The molecule has 0 bridgehead atoms. The maximum Gasteiger partial charge on any atom is 0.134 e. The van der Waals surface area contributed by atoms with Crippen molar-refractivity contribution in [1.29, 1.82) is 10.5 Å². The first-order valence-corrected chi connectivity index (χ1v) is 6.91. The van der Waals surface area contributed by atoms with Gasteiger partial charge in [-0.3, -0.25) is 0 Å². The van der Waals surface area contributed by atoms with Gasteiger partial charge in [-0.1, -0.05) is 6.07 Å². The summed E-state index contributed by atoms with van der Waals surface area (Å²) in [5.41, 5.74) is 1.57. The van der Waals surface area contributed by atoms with E-state index in [4.69, 9.17) is 10.5 Å². The second kappa shape index (κ2) is 5.64. The average Bonchev–Trinajstić information content (AvgIpc) is 3.11. The van der Waals surface area contributed by atoms with Crippen molar-refractivity contribution >= 4 is 5.69 Å². The molecule has 21 heavy (non-hydrogen) atoms. The predicted molar refractivity (Wildman–Crippen MR) is 76.4 cm³/mol. The molecule has 0 unspecified atom stereocenters. The molecule has 1 aromatic heterocycles.